The van der Waals surface area contributed by atoms with Crippen molar-refractivity contribution in [3.63, 3.8) is 0 Å². The normalized spacial score (nSPS) is 11.6. The molecule has 0 radical (unpaired) electrons. The Morgan fingerprint density at radius 1 is 1.22 bits per heavy atom. The summed E-state index contributed by atoms with van der Waals surface area (Å²) in [4.78, 5) is 4.01. The Morgan fingerprint density at radius 2 is 1.94 bits per heavy atom. The largest absolute Gasteiger partial charge is 0.378 e. The van der Waals surface area contributed by atoms with E-state index in [1.165, 1.54) is 5.56 Å². The number of hydrogen-bond donors (Lipinski definition) is 1. The van der Waals surface area contributed by atoms with Gasteiger partial charge in [0.1, 0.15) is 0 Å². The Hall–Kier alpha value is -2.34. The number of aromatic nitrogens is 1. The molecule has 1 N–H and O–H groups in total. The number of benzene rings is 1. The average Bonchev–Trinajstić information content (AvgIpc) is 2.42. The van der Waals surface area contributed by atoms with E-state index in [0.717, 1.165) is 11.3 Å². The SMILES string of the molecule is Cc1ccc(C#N)cc1NC(C)c1ccncc1. The Labute approximate surface area is 107 Å². The van der Waals surface area contributed by atoms with Gasteiger partial charge in [-0.3, -0.25) is 4.98 Å². The van der Waals surface area contributed by atoms with Gasteiger partial charge in [-0.25, -0.2) is 0 Å². The monoisotopic (exact) mass is 237 g/mol. The van der Waals surface area contributed by atoms with Gasteiger partial charge in [0, 0.05) is 24.1 Å². The molecule has 18 heavy (non-hydrogen) atoms. The van der Waals surface area contributed by atoms with Crippen LogP contribution in [0.25, 0.3) is 0 Å². The molecule has 1 heterocycles. The van der Waals surface area contributed by atoms with Gasteiger partial charge in [0.05, 0.1) is 11.6 Å². The van der Waals surface area contributed by atoms with Gasteiger partial charge in [0.15, 0.2) is 0 Å². The number of anilines is 1. The number of nitrogens with zero attached hydrogens (tertiary/aromatic N) is 2. The summed E-state index contributed by atoms with van der Waals surface area (Å²) in [5, 5.41) is 12.3. The zero-order chi connectivity index (χ0) is 13.0. The summed E-state index contributed by atoms with van der Waals surface area (Å²) in [6.45, 7) is 4.12. The van der Waals surface area contributed by atoms with Crippen LogP contribution < -0.4 is 5.32 Å². The fourth-order valence-corrected chi connectivity index (χ4v) is 1.82. The van der Waals surface area contributed by atoms with Gasteiger partial charge in [-0.1, -0.05) is 6.07 Å². The molecule has 0 saturated heterocycles. The molecule has 3 nitrogen and oxygen atoms in total. The smallest absolute Gasteiger partial charge is 0.0992 e. The van der Waals surface area contributed by atoms with E-state index in [4.69, 9.17) is 5.26 Å². The van der Waals surface area contributed by atoms with Crippen molar-refractivity contribution < 1.29 is 0 Å². The van der Waals surface area contributed by atoms with Crippen molar-refractivity contribution in [3.05, 3.63) is 59.4 Å². The predicted molar refractivity (Wildman–Crippen MR) is 72.2 cm³/mol. The summed E-state index contributed by atoms with van der Waals surface area (Å²) in [7, 11) is 0. The summed E-state index contributed by atoms with van der Waals surface area (Å²) < 4.78 is 0. The van der Waals surface area contributed by atoms with Gasteiger partial charge in [-0.15, -0.1) is 0 Å². The lowest BCUT2D eigenvalue weighted by Crippen LogP contribution is -2.07. The number of hydrogen-bond acceptors (Lipinski definition) is 3. The molecule has 0 saturated carbocycles. The highest BCUT2D eigenvalue weighted by atomic mass is 14.9. The van der Waals surface area contributed by atoms with Crippen LogP contribution in [-0.2, 0) is 0 Å². The van der Waals surface area contributed by atoms with Crippen LogP contribution in [0.2, 0.25) is 0 Å². The molecule has 0 aliphatic carbocycles. The van der Waals surface area contributed by atoms with E-state index in [2.05, 4.69) is 23.3 Å². The average molecular weight is 237 g/mol. The molecule has 0 aliphatic heterocycles. The minimum atomic E-state index is 0.181. The van der Waals surface area contributed by atoms with Gasteiger partial charge < -0.3 is 5.32 Å². The van der Waals surface area contributed by atoms with E-state index in [9.17, 15) is 0 Å². The molecule has 3 heteroatoms. The maximum Gasteiger partial charge on any atom is 0.0992 e. The van der Waals surface area contributed by atoms with E-state index in [-0.39, 0.29) is 6.04 Å². The first kappa shape index (κ1) is 12.1. The lowest BCUT2D eigenvalue weighted by molar-refractivity contribution is 0.878. The van der Waals surface area contributed by atoms with Crippen LogP contribution in [0.15, 0.2) is 42.7 Å². The van der Waals surface area contributed by atoms with Crippen LogP contribution in [-0.4, -0.2) is 4.98 Å². The maximum atomic E-state index is 8.92. The number of nitrogens with one attached hydrogen (secondary N) is 1. The molecule has 0 spiro atoms. The Bertz CT molecular complexity index is 570. The Kier molecular flexibility index (Phi) is 3.59. The van der Waals surface area contributed by atoms with E-state index < -0.39 is 0 Å². The van der Waals surface area contributed by atoms with Crippen LogP contribution in [0.5, 0.6) is 0 Å². The molecule has 0 aliphatic rings. The highest BCUT2D eigenvalue weighted by molar-refractivity contribution is 5.56. The summed E-state index contributed by atoms with van der Waals surface area (Å²) >= 11 is 0. The van der Waals surface area contributed by atoms with Crippen molar-refractivity contribution >= 4 is 5.69 Å². The van der Waals surface area contributed by atoms with Crippen molar-refractivity contribution in [1.82, 2.24) is 4.98 Å². The molecule has 90 valence electrons. The third-order valence-corrected chi connectivity index (χ3v) is 2.94. The molecule has 0 fully saturated rings. The molecule has 2 aromatic rings. The minimum absolute atomic E-state index is 0.181. The van der Waals surface area contributed by atoms with Crippen molar-refractivity contribution in [3.8, 4) is 6.07 Å². The number of nitriles is 1. The fourth-order valence-electron chi connectivity index (χ4n) is 1.82. The van der Waals surface area contributed by atoms with Gasteiger partial charge in [-0.2, -0.15) is 5.26 Å². The molecule has 0 bridgehead atoms. The second-order valence-corrected chi connectivity index (χ2v) is 4.29. The highest BCUT2D eigenvalue weighted by Crippen LogP contribution is 2.22. The molecule has 1 atom stereocenters. The summed E-state index contributed by atoms with van der Waals surface area (Å²) in [6, 6.07) is 12.0. The summed E-state index contributed by atoms with van der Waals surface area (Å²) in [5.74, 6) is 0. The molecule has 2 rings (SSSR count). The third-order valence-electron chi connectivity index (χ3n) is 2.94. The Morgan fingerprint density at radius 3 is 2.61 bits per heavy atom. The number of aryl methyl sites for hydroxylation is 1. The minimum Gasteiger partial charge on any atom is -0.378 e. The molecule has 1 aromatic carbocycles. The Balaban J connectivity index is 2.22. The van der Waals surface area contributed by atoms with E-state index >= 15 is 0 Å². The first-order valence-corrected chi connectivity index (χ1v) is 5.88. The van der Waals surface area contributed by atoms with Crippen LogP contribution in [0, 0.1) is 18.3 Å². The first-order valence-electron chi connectivity index (χ1n) is 5.88. The second kappa shape index (κ2) is 5.33. The summed E-state index contributed by atoms with van der Waals surface area (Å²) in [6.07, 6.45) is 3.57. The lowest BCUT2D eigenvalue weighted by atomic mass is 10.1. The van der Waals surface area contributed by atoms with Crippen molar-refractivity contribution in [1.29, 1.82) is 5.26 Å². The first-order chi connectivity index (χ1) is 8.70. The number of rotatable bonds is 3. The molecule has 1 unspecified atom stereocenters. The van der Waals surface area contributed by atoms with Crippen LogP contribution in [0.1, 0.15) is 29.7 Å². The van der Waals surface area contributed by atoms with Gasteiger partial charge in [0.2, 0.25) is 0 Å². The zero-order valence-electron chi connectivity index (χ0n) is 10.5. The summed E-state index contributed by atoms with van der Waals surface area (Å²) in [5.41, 5.74) is 3.98. The van der Waals surface area contributed by atoms with E-state index in [1.807, 2.05) is 37.3 Å². The van der Waals surface area contributed by atoms with Gasteiger partial charge in [0.25, 0.3) is 0 Å². The number of pyridine rings is 1. The lowest BCUT2D eigenvalue weighted by Gasteiger charge is -2.17. The topological polar surface area (TPSA) is 48.7 Å². The highest BCUT2D eigenvalue weighted by Gasteiger charge is 2.07. The molecular formula is C15H15N3. The molecular weight excluding hydrogens is 222 g/mol. The zero-order valence-corrected chi connectivity index (χ0v) is 10.5. The molecule has 1 aromatic heterocycles. The van der Waals surface area contributed by atoms with E-state index in [0.29, 0.717) is 5.56 Å². The van der Waals surface area contributed by atoms with Gasteiger partial charge in [-0.05, 0) is 49.2 Å². The van der Waals surface area contributed by atoms with Crippen molar-refractivity contribution in [2.75, 3.05) is 5.32 Å². The second-order valence-electron chi connectivity index (χ2n) is 4.29. The predicted octanol–water partition coefficient (Wildman–Crippen LogP) is 3.43. The maximum absolute atomic E-state index is 8.92. The van der Waals surface area contributed by atoms with Crippen LogP contribution in [0.4, 0.5) is 5.69 Å². The van der Waals surface area contributed by atoms with Crippen LogP contribution >= 0.6 is 0 Å². The van der Waals surface area contributed by atoms with Crippen LogP contribution in [0.3, 0.4) is 0 Å². The third kappa shape index (κ3) is 2.67. The fraction of sp³-hybridized carbons (Fsp3) is 0.200. The van der Waals surface area contributed by atoms with Gasteiger partial charge >= 0.3 is 0 Å². The van der Waals surface area contributed by atoms with E-state index in [1.54, 1.807) is 12.4 Å². The van der Waals surface area contributed by atoms with Crippen molar-refractivity contribution in [2.24, 2.45) is 0 Å². The quantitative estimate of drug-likeness (QED) is 0.889. The standard InChI is InChI=1S/C15H15N3/c1-11-3-4-13(10-16)9-15(11)18-12(2)14-5-7-17-8-6-14/h3-9,12,18H,1-2H3. The van der Waals surface area contributed by atoms with Crippen molar-refractivity contribution in [2.45, 2.75) is 19.9 Å². The molecule has 0 amide bonds.